The molecule has 0 aliphatic heterocycles. The number of hydrogen-bond acceptors (Lipinski definition) is 5. The number of pyridine rings is 1. The van der Waals surface area contributed by atoms with Gasteiger partial charge in [0.25, 0.3) is 0 Å². The molecule has 2 aromatic carbocycles. The molecule has 0 spiro atoms. The van der Waals surface area contributed by atoms with Crippen LogP contribution in [0.5, 0.6) is 0 Å². The van der Waals surface area contributed by atoms with Crippen LogP contribution in [-0.2, 0) is 0 Å². The molecule has 0 bridgehead atoms. The Balaban J connectivity index is 1.66. The van der Waals surface area contributed by atoms with E-state index < -0.39 is 0 Å². The van der Waals surface area contributed by atoms with Gasteiger partial charge in [-0.2, -0.15) is 0 Å². The normalized spacial score (nSPS) is 10.8. The first kappa shape index (κ1) is 19.6. The molecule has 5 nitrogen and oxygen atoms in total. The van der Waals surface area contributed by atoms with Crippen molar-refractivity contribution in [3.8, 4) is 17.1 Å². The van der Waals surface area contributed by atoms with Gasteiger partial charge in [-0.15, -0.1) is 10.2 Å². The number of carbonyl (C=O) groups excluding carboxylic acids is 1. The standard InChI is InChI=1S/C21H14Cl2N4OS/c22-16-3-1-14(2-4-16)19(28)13-29-21-26-25-20(15-9-11-24-12-10-15)27(21)18-7-5-17(23)6-8-18/h1-12H,13H2. The zero-order chi connectivity index (χ0) is 20.2. The number of thioether (sulfide) groups is 1. The van der Waals surface area contributed by atoms with E-state index in [9.17, 15) is 4.79 Å². The molecule has 8 heteroatoms. The lowest BCUT2D eigenvalue weighted by Crippen LogP contribution is -2.05. The number of carbonyl (C=O) groups is 1. The smallest absolute Gasteiger partial charge is 0.196 e. The van der Waals surface area contributed by atoms with Crippen LogP contribution < -0.4 is 0 Å². The molecular weight excluding hydrogens is 427 g/mol. The van der Waals surface area contributed by atoms with Crippen LogP contribution in [0.15, 0.2) is 78.2 Å². The summed E-state index contributed by atoms with van der Waals surface area (Å²) >= 11 is 13.3. The van der Waals surface area contributed by atoms with Crippen LogP contribution >= 0.6 is 35.0 Å². The van der Waals surface area contributed by atoms with E-state index in [1.54, 1.807) is 48.8 Å². The van der Waals surface area contributed by atoms with E-state index in [1.165, 1.54) is 11.8 Å². The van der Waals surface area contributed by atoms with Crippen molar-refractivity contribution in [1.29, 1.82) is 0 Å². The number of Topliss-reactive ketones (excluding diaryl/α,β-unsaturated/α-hetero) is 1. The average molecular weight is 441 g/mol. The first-order chi connectivity index (χ1) is 14.1. The van der Waals surface area contributed by atoms with Gasteiger partial charge in [-0.05, 0) is 60.7 Å². The maximum absolute atomic E-state index is 12.6. The van der Waals surface area contributed by atoms with Crippen molar-refractivity contribution in [3.05, 3.63) is 88.7 Å². The summed E-state index contributed by atoms with van der Waals surface area (Å²) in [7, 11) is 0. The largest absolute Gasteiger partial charge is 0.293 e. The summed E-state index contributed by atoms with van der Waals surface area (Å²) < 4.78 is 1.91. The highest BCUT2D eigenvalue weighted by molar-refractivity contribution is 7.99. The van der Waals surface area contributed by atoms with E-state index in [4.69, 9.17) is 23.2 Å². The molecule has 0 saturated heterocycles. The average Bonchev–Trinajstić information content (AvgIpc) is 3.17. The van der Waals surface area contributed by atoms with Gasteiger partial charge in [-0.25, -0.2) is 0 Å². The van der Waals surface area contributed by atoms with Crippen molar-refractivity contribution in [2.75, 3.05) is 5.75 Å². The number of rotatable bonds is 6. The van der Waals surface area contributed by atoms with Gasteiger partial charge in [-0.1, -0.05) is 35.0 Å². The molecule has 144 valence electrons. The number of hydrogen-bond donors (Lipinski definition) is 0. The van der Waals surface area contributed by atoms with Crippen LogP contribution in [0, 0.1) is 0 Å². The fraction of sp³-hybridized carbons (Fsp3) is 0.0476. The molecule has 29 heavy (non-hydrogen) atoms. The fourth-order valence-corrected chi connectivity index (χ4v) is 3.82. The molecule has 0 N–H and O–H groups in total. The minimum absolute atomic E-state index is 0.0113. The Morgan fingerprint density at radius 2 is 1.48 bits per heavy atom. The maximum atomic E-state index is 12.6. The van der Waals surface area contributed by atoms with Crippen molar-refractivity contribution in [1.82, 2.24) is 19.7 Å². The van der Waals surface area contributed by atoms with Crippen molar-refractivity contribution in [2.24, 2.45) is 0 Å². The van der Waals surface area contributed by atoms with Crippen LogP contribution in [0.25, 0.3) is 17.1 Å². The van der Waals surface area contributed by atoms with E-state index in [0.717, 1.165) is 11.3 Å². The summed E-state index contributed by atoms with van der Waals surface area (Å²) in [6.45, 7) is 0. The molecule has 2 aromatic heterocycles. The number of ketones is 1. The van der Waals surface area contributed by atoms with E-state index in [0.29, 0.717) is 26.6 Å². The van der Waals surface area contributed by atoms with E-state index in [-0.39, 0.29) is 11.5 Å². The zero-order valence-corrected chi connectivity index (χ0v) is 17.3. The fourth-order valence-electron chi connectivity index (χ4n) is 2.72. The summed E-state index contributed by atoms with van der Waals surface area (Å²) in [6, 6.07) is 18.0. The van der Waals surface area contributed by atoms with Gasteiger partial charge in [0.1, 0.15) is 0 Å². The van der Waals surface area contributed by atoms with Gasteiger partial charge in [0.05, 0.1) is 5.75 Å². The van der Waals surface area contributed by atoms with Gasteiger partial charge in [0, 0.05) is 39.3 Å². The van der Waals surface area contributed by atoms with Gasteiger partial charge in [0.2, 0.25) is 0 Å². The Morgan fingerprint density at radius 1 is 0.862 bits per heavy atom. The first-order valence-electron chi connectivity index (χ1n) is 8.65. The van der Waals surface area contributed by atoms with Crippen LogP contribution in [0.4, 0.5) is 0 Å². The minimum atomic E-state index is -0.0113. The van der Waals surface area contributed by atoms with E-state index in [1.807, 2.05) is 28.8 Å². The highest BCUT2D eigenvalue weighted by Gasteiger charge is 2.17. The Morgan fingerprint density at radius 3 is 2.14 bits per heavy atom. The Bertz CT molecular complexity index is 1130. The summed E-state index contributed by atoms with van der Waals surface area (Å²) in [4.78, 5) is 16.6. The van der Waals surface area contributed by atoms with E-state index in [2.05, 4.69) is 15.2 Å². The molecule has 0 amide bonds. The molecule has 0 fully saturated rings. The van der Waals surface area contributed by atoms with Gasteiger partial charge in [0.15, 0.2) is 16.8 Å². The Kier molecular flexibility index (Phi) is 5.94. The molecular formula is C21H14Cl2N4OS. The molecule has 2 heterocycles. The van der Waals surface area contributed by atoms with Crippen molar-refractivity contribution in [2.45, 2.75) is 5.16 Å². The lowest BCUT2D eigenvalue weighted by molar-refractivity contribution is 0.102. The molecule has 4 rings (SSSR count). The molecule has 0 aliphatic rings. The molecule has 0 radical (unpaired) electrons. The third-order valence-electron chi connectivity index (χ3n) is 4.16. The van der Waals surface area contributed by atoms with Gasteiger partial charge >= 0.3 is 0 Å². The first-order valence-corrected chi connectivity index (χ1v) is 10.4. The van der Waals surface area contributed by atoms with Crippen molar-refractivity contribution < 1.29 is 4.79 Å². The number of nitrogens with zero attached hydrogens (tertiary/aromatic N) is 4. The van der Waals surface area contributed by atoms with Gasteiger partial charge < -0.3 is 0 Å². The SMILES string of the molecule is O=C(CSc1nnc(-c2ccncc2)n1-c1ccc(Cl)cc1)c1ccc(Cl)cc1. The second-order valence-corrected chi connectivity index (χ2v) is 7.89. The molecule has 4 aromatic rings. The third-order valence-corrected chi connectivity index (χ3v) is 5.59. The monoisotopic (exact) mass is 440 g/mol. The highest BCUT2D eigenvalue weighted by Crippen LogP contribution is 2.28. The van der Waals surface area contributed by atoms with Crippen LogP contribution in [-0.4, -0.2) is 31.3 Å². The molecule has 0 aliphatic carbocycles. The van der Waals surface area contributed by atoms with E-state index >= 15 is 0 Å². The summed E-state index contributed by atoms with van der Waals surface area (Å²) in [5.41, 5.74) is 2.33. The lowest BCUT2D eigenvalue weighted by Gasteiger charge is -2.10. The van der Waals surface area contributed by atoms with Crippen molar-refractivity contribution in [3.63, 3.8) is 0 Å². The zero-order valence-electron chi connectivity index (χ0n) is 15.0. The number of aromatic nitrogens is 4. The molecule has 0 unspecified atom stereocenters. The summed E-state index contributed by atoms with van der Waals surface area (Å²) in [5, 5.41) is 10.5. The quantitative estimate of drug-likeness (QED) is 0.288. The Labute approximate surface area is 181 Å². The van der Waals surface area contributed by atoms with Crippen LogP contribution in [0.1, 0.15) is 10.4 Å². The summed E-state index contributed by atoms with van der Waals surface area (Å²) in [5.74, 6) is 0.878. The predicted octanol–water partition coefficient (Wildman–Crippen LogP) is 5.61. The second kappa shape index (κ2) is 8.78. The highest BCUT2D eigenvalue weighted by atomic mass is 35.5. The van der Waals surface area contributed by atoms with Crippen LogP contribution in [0.3, 0.4) is 0 Å². The number of halogens is 2. The lowest BCUT2D eigenvalue weighted by atomic mass is 10.1. The predicted molar refractivity (Wildman–Crippen MR) is 116 cm³/mol. The maximum Gasteiger partial charge on any atom is 0.196 e. The topological polar surface area (TPSA) is 60.7 Å². The second-order valence-electron chi connectivity index (χ2n) is 6.07. The van der Waals surface area contributed by atoms with Crippen LogP contribution in [0.2, 0.25) is 10.0 Å². The minimum Gasteiger partial charge on any atom is -0.293 e. The van der Waals surface area contributed by atoms with Gasteiger partial charge in [-0.3, -0.25) is 14.3 Å². The molecule has 0 atom stereocenters. The molecule has 0 saturated carbocycles. The third kappa shape index (κ3) is 4.50. The summed E-state index contributed by atoms with van der Waals surface area (Å²) in [6.07, 6.45) is 3.40. The number of benzene rings is 2. The Hall–Kier alpha value is -2.67. The van der Waals surface area contributed by atoms with Crippen molar-refractivity contribution >= 4 is 40.7 Å².